The summed E-state index contributed by atoms with van der Waals surface area (Å²) in [6.45, 7) is 0. The van der Waals surface area contributed by atoms with Crippen LogP contribution in [0.1, 0.15) is 11.3 Å². The van der Waals surface area contributed by atoms with Gasteiger partial charge in [0.25, 0.3) is 0 Å². The van der Waals surface area contributed by atoms with Gasteiger partial charge in [-0.3, -0.25) is 0 Å². The van der Waals surface area contributed by atoms with Crippen molar-refractivity contribution in [3.63, 3.8) is 0 Å². The first-order valence-corrected chi connectivity index (χ1v) is 5.62. The molecule has 2 aromatic rings. The first kappa shape index (κ1) is 14.0. The Labute approximate surface area is 112 Å². The highest BCUT2D eigenvalue weighted by Gasteiger charge is 2.34. The Morgan fingerprint density at radius 1 is 1.10 bits per heavy atom. The largest absolute Gasteiger partial charge is 0.417 e. The smallest absolute Gasteiger partial charge is 0.249 e. The zero-order valence-corrected chi connectivity index (χ0v) is 10.1. The van der Waals surface area contributed by atoms with Crippen molar-refractivity contribution in [3.05, 3.63) is 53.5 Å². The molecule has 20 heavy (non-hydrogen) atoms. The predicted molar refractivity (Wildman–Crippen MR) is 64.0 cm³/mol. The Kier molecular flexibility index (Phi) is 3.70. The molecule has 0 aliphatic heterocycles. The van der Waals surface area contributed by atoms with Crippen LogP contribution in [0, 0.1) is 17.1 Å². The number of pyridine rings is 1. The van der Waals surface area contributed by atoms with Crippen molar-refractivity contribution >= 4 is 0 Å². The summed E-state index contributed by atoms with van der Waals surface area (Å²) in [5.74, 6) is -0.858. The molecule has 0 saturated carbocycles. The van der Waals surface area contributed by atoms with Crippen LogP contribution in [0.4, 0.5) is 17.6 Å². The number of nitrogens with zero attached hydrogens (tertiary/aromatic N) is 2. The van der Waals surface area contributed by atoms with Crippen LogP contribution in [0.5, 0.6) is 0 Å². The van der Waals surface area contributed by atoms with Crippen molar-refractivity contribution in [2.45, 2.75) is 12.6 Å². The van der Waals surface area contributed by atoms with Crippen LogP contribution >= 0.6 is 0 Å². The van der Waals surface area contributed by atoms with Crippen LogP contribution < -0.4 is 0 Å². The fourth-order valence-corrected chi connectivity index (χ4v) is 1.79. The highest BCUT2D eigenvalue weighted by molar-refractivity contribution is 5.65. The van der Waals surface area contributed by atoms with Gasteiger partial charge in [-0.1, -0.05) is 18.2 Å². The average Bonchev–Trinajstić information content (AvgIpc) is 2.40. The first-order chi connectivity index (χ1) is 9.43. The Hall–Kier alpha value is -2.42. The molecule has 0 amide bonds. The van der Waals surface area contributed by atoms with E-state index in [1.54, 1.807) is 0 Å². The van der Waals surface area contributed by atoms with Crippen molar-refractivity contribution in [1.82, 2.24) is 4.98 Å². The molecule has 0 spiro atoms. The van der Waals surface area contributed by atoms with E-state index in [1.165, 1.54) is 18.2 Å². The van der Waals surface area contributed by atoms with Crippen molar-refractivity contribution in [2.75, 3.05) is 0 Å². The maximum absolute atomic E-state index is 13.8. The number of alkyl halides is 3. The lowest BCUT2D eigenvalue weighted by molar-refractivity contribution is -0.137. The van der Waals surface area contributed by atoms with E-state index in [9.17, 15) is 17.6 Å². The summed E-state index contributed by atoms with van der Waals surface area (Å²) in [4.78, 5) is 3.81. The second-order valence-electron chi connectivity index (χ2n) is 4.01. The monoisotopic (exact) mass is 280 g/mol. The summed E-state index contributed by atoms with van der Waals surface area (Å²) in [6.07, 6.45) is -4.70. The third kappa shape index (κ3) is 2.77. The van der Waals surface area contributed by atoms with Gasteiger partial charge < -0.3 is 0 Å². The number of hydrogen-bond donors (Lipinski definition) is 0. The molecule has 0 aliphatic rings. The quantitative estimate of drug-likeness (QED) is 0.780. The molecule has 6 heteroatoms. The van der Waals surface area contributed by atoms with Crippen molar-refractivity contribution in [2.24, 2.45) is 0 Å². The van der Waals surface area contributed by atoms with Gasteiger partial charge in [0.15, 0.2) is 0 Å². The molecule has 0 atom stereocenters. The third-order valence-electron chi connectivity index (χ3n) is 2.65. The lowest BCUT2D eigenvalue weighted by Gasteiger charge is -2.13. The van der Waals surface area contributed by atoms with Gasteiger partial charge in [-0.15, -0.1) is 0 Å². The van der Waals surface area contributed by atoms with E-state index in [4.69, 9.17) is 5.26 Å². The summed E-state index contributed by atoms with van der Waals surface area (Å²) in [5, 5.41) is 8.57. The maximum atomic E-state index is 13.8. The van der Waals surface area contributed by atoms with Gasteiger partial charge in [0.1, 0.15) is 11.5 Å². The highest BCUT2D eigenvalue weighted by Crippen LogP contribution is 2.37. The summed E-state index contributed by atoms with van der Waals surface area (Å²) < 4.78 is 52.5. The standard InChI is InChI=1S/C14H8F4N2/c15-12-6-5-9(7-8-19)20-13(12)10-3-1-2-4-11(10)14(16,17)18/h1-6H,7H2. The van der Waals surface area contributed by atoms with Crippen LogP contribution in [0.15, 0.2) is 36.4 Å². The Balaban J connectivity index is 2.63. The van der Waals surface area contributed by atoms with Crippen LogP contribution in [-0.4, -0.2) is 4.98 Å². The fourth-order valence-electron chi connectivity index (χ4n) is 1.79. The highest BCUT2D eigenvalue weighted by atomic mass is 19.4. The SMILES string of the molecule is N#CCc1ccc(F)c(-c2ccccc2C(F)(F)F)n1. The lowest BCUT2D eigenvalue weighted by Crippen LogP contribution is -2.08. The van der Waals surface area contributed by atoms with E-state index in [0.717, 1.165) is 18.2 Å². The second kappa shape index (κ2) is 5.29. The van der Waals surface area contributed by atoms with Crippen LogP contribution in [0.3, 0.4) is 0 Å². The van der Waals surface area contributed by atoms with Crippen molar-refractivity contribution < 1.29 is 17.6 Å². The van der Waals surface area contributed by atoms with Gasteiger partial charge >= 0.3 is 6.18 Å². The maximum Gasteiger partial charge on any atom is 0.417 e. The minimum absolute atomic E-state index is 0.0958. The molecule has 0 unspecified atom stereocenters. The van der Waals surface area contributed by atoms with Crippen LogP contribution in [0.2, 0.25) is 0 Å². The summed E-state index contributed by atoms with van der Waals surface area (Å²) in [6, 6.07) is 8.74. The summed E-state index contributed by atoms with van der Waals surface area (Å²) in [5.41, 5.74) is -1.47. The number of aromatic nitrogens is 1. The number of halogens is 4. The molecule has 0 bridgehead atoms. The van der Waals surface area contributed by atoms with Gasteiger partial charge in [0, 0.05) is 5.56 Å². The Morgan fingerprint density at radius 3 is 2.45 bits per heavy atom. The molecule has 0 fully saturated rings. The van der Waals surface area contributed by atoms with Gasteiger partial charge in [0.05, 0.1) is 23.7 Å². The predicted octanol–water partition coefficient (Wildman–Crippen LogP) is 3.97. The van der Waals surface area contributed by atoms with Gasteiger partial charge in [-0.2, -0.15) is 18.4 Å². The average molecular weight is 280 g/mol. The summed E-state index contributed by atoms with van der Waals surface area (Å²) in [7, 11) is 0. The zero-order chi connectivity index (χ0) is 14.8. The molecule has 0 N–H and O–H groups in total. The molecule has 1 aromatic carbocycles. The summed E-state index contributed by atoms with van der Waals surface area (Å²) >= 11 is 0. The normalized spacial score (nSPS) is 11.2. The van der Waals surface area contributed by atoms with E-state index < -0.39 is 23.3 Å². The molecule has 2 nitrogen and oxygen atoms in total. The van der Waals surface area contributed by atoms with Crippen LogP contribution in [0.25, 0.3) is 11.3 Å². The van der Waals surface area contributed by atoms with Gasteiger partial charge in [0.2, 0.25) is 0 Å². The molecule has 1 heterocycles. The minimum atomic E-state index is -4.60. The molecular weight excluding hydrogens is 272 g/mol. The molecule has 102 valence electrons. The third-order valence-corrected chi connectivity index (χ3v) is 2.65. The molecular formula is C14H8F4N2. The van der Waals surface area contributed by atoms with Crippen LogP contribution in [-0.2, 0) is 12.6 Å². The van der Waals surface area contributed by atoms with E-state index >= 15 is 0 Å². The molecule has 1 aromatic heterocycles. The van der Waals surface area contributed by atoms with E-state index in [2.05, 4.69) is 4.98 Å². The molecule has 2 rings (SSSR count). The number of benzene rings is 1. The molecule has 0 saturated heterocycles. The minimum Gasteiger partial charge on any atom is -0.249 e. The lowest BCUT2D eigenvalue weighted by atomic mass is 10.0. The number of rotatable bonds is 2. The Bertz CT molecular complexity index is 672. The van der Waals surface area contributed by atoms with Crippen molar-refractivity contribution in [1.29, 1.82) is 5.26 Å². The van der Waals surface area contributed by atoms with Gasteiger partial charge in [-0.05, 0) is 18.2 Å². The first-order valence-electron chi connectivity index (χ1n) is 5.62. The Morgan fingerprint density at radius 2 is 1.80 bits per heavy atom. The second-order valence-corrected chi connectivity index (χ2v) is 4.01. The molecule has 0 radical (unpaired) electrons. The van der Waals surface area contributed by atoms with Crippen molar-refractivity contribution in [3.8, 4) is 17.3 Å². The number of nitriles is 1. The van der Waals surface area contributed by atoms with Gasteiger partial charge in [-0.25, -0.2) is 9.37 Å². The number of hydrogen-bond acceptors (Lipinski definition) is 2. The van der Waals surface area contributed by atoms with E-state index in [1.807, 2.05) is 6.07 Å². The fraction of sp³-hybridized carbons (Fsp3) is 0.143. The topological polar surface area (TPSA) is 36.7 Å². The van der Waals surface area contributed by atoms with E-state index in [-0.39, 0.29) is 17.7 Å². The zero-order valence-electron chi connectivity index (χ0n) is 10.1. The van der Waals surface area contributed by atoms with E-state index in [0.29, 0.717) is 0 Å². The molecule has 0 aliphatic carbocycles.